The predicted octanol–water partition coefficient (Wildman–Crippen LogP) is 3.77. The number of hydrogen-bond acceptors (Lipinski definition) is 3. The smallest absolute Gasteiger partial charge is 0.253 e. The van der Waals surface area contributed by atoms with Gasteiger partial charge in [-0.1, -0.05) is 47.6 Å². The van der Waals surface area contributed by atoms with Crippen LogP contribution in [-0.4, -0.2) is 30.1 Å². The van der Waals surface area contributed by atoms with E-state index in [9.17, 15) is 4.39 Å². The number of nitrogens with two attached hydrogens (primary N) is 1. The molecule has 1 heterocycles. The largest absolute Gasteiger partial charge is 0.369 e. The van der Waals surface area contributed by atoms with Crippen LogP contribution in [0.1, 0.15) is 11.3 Å². The summed E-state index contributed by atoms with van der Waals surface area (Å²) in [5.41, 5.74) is 8.88. The summed E-state index contributed by atoms with van der Waals surface area (Å²) in [7, 11) is 3.59. The summed E-state index contributed by atoms with van der Waals surface area (Å²) in [5.74, 6) is 0.473. The van der Waals surface area contributed by atoms with E-state index in [0.29, 0.717) is 30.2 Å². The average molecular weight is 352 g/mol. The highest BCUT2D eigenvalue weighted by Gasteiger charge is 2.08. The van der Waals surface area contributed by atoms with Gasteiger partial charge in [0.25, 0.3) is 5.88 Å². The molecule has 26 heavy (non-hydrogen) atoms. The van der Waals surface area contributed by atoms with Crippen molar-refractivity contribution in [1.29, 1.82) is 0 Å². The van der Waals surface area contributed by atoms with Crippen molar-refractivity contribution in [3.63, 3.8) is 0 Å². The van der Waals surface area contributed by atoms with E-state index < -0.39 is 0 Å². The number of nitrogens with zero attached hydrogens (tertiary/aromatic N) is 3. The minimum Gasteiger partial charge on any atom is -0.369 e. The maximum Gasteiger partial charge on any atom is 0.253 e. The molecule has 6 heteroatoms. The number of aromatic nitrogens is 1. The van der Waals surface area contributed by atoms with Gasteiger partial charge in [0, 0.05) is 25.7 Å². The summed E-state index contributed by atoms with van der Waals surface area (Å²) >= 11 is 0. The Morgan fingerprint density at radius 2 is 1.88 bits per heavy atom. The third-order valence-corrected chi connectivity index (χ3v) is 4.02. The van der Waals surface area contributed by atoms with E-state index in [1.165, 1.54) is 0 Å². The number of aryl methyl sites for hydroxylation is 2. The van der Waals surface area contributed by atoms with Gasteiger partial charge < -0.3 is 15.2 Å². The van der Waals surface area contributed by atoms with Crippen LogP contribution in [0.15, 0.2) is 64.1 Å². The van der Waals surface area contributed by atoms with Crippen LogP contribution < -0.4 is 5.73 Å². The Hall–Kier alpha value is -3.15. The molecule has 134 valence electrons. The highest BCUT2D eigenvalue weighted by molar-refractivity contribution is 5.79. The van der Waals surface area contributed by atoms with Gasteiger partial charge in [-0.05, 0) is 30.0 Å². The molecular formula is C20H21FN4O. The molecule has 1 aromatic heterocycles. The Kier molecular flexibility index (Phi) is 5.31. The summed E-state index contributed by atoms with van der Waals surface area (Å²) in [4.78, 5) is 5.80. The van der Waals surface area contributed by atoms with E-state index in [4.69, 9.17) is 10.3 Å². The van der Waals surface area contributed by atoms with Gasteiger partial charge in [0.15, 0.2) is 5.96 Å². The van der Waals surface area contributed by atoms with Crippen molar-refractivity contribution in [1.82, 2.24) is 10.1 Å². The fourth-order valence-electron chi connectivity index (χ4n) is 2.52. The standard InChI is InChI=1S/C20H21FN4O/c1-25(2)20(22)23-19-13-16(24-26-19)10-8-14-9-11-17(18(21)12-14)15-6-4-3-5-7-15/h3-7,9,11-13H,8,10H2,1-2H3,(H2,22,23). The van der Waals surface area contributed by atoms with Crippen LogP contribution in [-0.2, 0) is 12.8 Å². The van der Waals surface area contributed by atoms with Gasteiger partial charge in [-0.2, -0.15) is 4.99 Å². The van der Waals surface area contributed by atoms with Gasteiger partial charge in [0.1, 0.15) is 5.82 Å². The molecule has 5 nitrogen and oxygen atoms in total. The molecule has 0 atom stereocenters. The summed E-state index contributed by atoms with van der Waals surface area (Å²) in [6.45, 7) is 0. The van der Waals surface area contributed by atoms with Crippen molar-refractivity contribution >= 4 is 11.8 Å². The number of aliphatic imine (C=N–C) groups is 1. The van der Waals surface area contributed by atoms with Crippen molar-refractivity contribution in [2.24, 2.45) is 10.7 Å². The Labute approximate surface area is 151 Å². The molecule has 3 rings (SSSR count). The lowest BCUT2D eigenvalue weighted by molar-refractivity contribution is 0.420. The fraction of sp³-hybridized carbons (Fsp3) is 0.200. The Bertz CT molecular complexity index is 903. The van der Waals surface area contributed by atoms with E-state index in [1.807, 2.05) is 42.5 Å². The minimum atomic E-state index is -0.224. The van der Waals surface area contributed by atoms with Crippen LogP contribution in [0.25, 0.3) is 11.1 Å². The van der Waals surface area contributed by atoms with E-state index in [-0.39, 0.29) is 5.82 Å². The second-order valence-electron chi connectivity index (χ2n) is 6.20. The molecule has 2 aromatic carbocycles. The molecule has 0 amide bonds. The molecule has 0 aliphatic heterocycles. The van der Waals surface area contributed by atoms with Crippen LogP contribution in [0.2, 0.25) is 0 Å². The summed E-state index contributed by atoms with van der Waals surface area (Å²) in [5, 5.41) is 3.98. The lowest BCUT2D eigenvalue weighted by Gasteiger charge is -2.08. The first-order chi connectivity index (χ1) is 12.5. The highest BCUT2D eigenvalue weighted by atomic mass is 19.1. The Balaban J connectivity index is 1.66. The Morgan fingerprint density at radius 1 is 1.12 bits per heavy atom. The lowest BCUT2D eigenvalue weighted by atomic mass is 10.0. The molecule has 0 radical (unpaired) electrons. The van der Waals surface area contributed by atoms with Crippen molar-refractivity contribution in [3.8, 4) is 11.1 Å². The summed E-state index contributed by atoms with van der Waals surface area (Å²) < 4.78 is 19.6. The zero-order valence-corrected chi connectivity index (χ0v) is 14.8. The second-order valence-corrected chi connectivity index (χ2v) is 6.20. The third kappa shape index (κ3) is 4.27. The zero-order valence-electron chi connectivity index (χ0n) is 14.8. The molecular weight excluding hydrogens is 331 g/mol. The van der Waals surface area contributed by atoms with Gasteiger partial charge in [-0.25, -0.2) is 4.39 Å². The van der Waals surface area contributed by atoms with Gasteiger partial charge in [-0.3, -0.25) is 0 Å². The van der Waals surface area contributed by atoms with Crippen LogP contribution >= 0.6 is 0 Å². The zero-order chi connectivity index (χ0) is 18.5. The topological polar surface area (TPSA) is 67.7 Å². The van der Waals surface area contributed by atoms with Gasteiger partial charge in [-0.15, -0.1) is 0 Å². The number of benzene rings is 2. The lowest BCUT2D eigenvalue weighted by Crippen LogP contribution is -2.29. The molecule has 0 saturated heterocycles. The fourth-order valence-corrected chi connectivity index (χ4v) is 2.52. The summed E-state index contributed by atoms with van der Waals surface area (Å²) in [6, 6.07) is 16.6. The number of rotatable bonds is 5. The first-order valence-electron chi connectivity index (χ1n) is 8.34. The third-order valence-electron chi connectivity index (χ3n) is 4.02. The van der Waals surface area contributed by atoms with Crippen LogP contribution in [0.4, 0.5) is 10.3 Å². The van der Waals surface area contributed by atoms with Crippen molar-refractivity contribution in [2.45, 2.75) is 12.8 Å². The molecule has 0 aliphatic rings. The van der Waals surface area contributed by atoms with E-state index >= 15 is 0 Å². The SMILES string of the molecule is CN(C)C(N)=Nc1cc(CCc2ccc(-c3ccccc3)c(F)c2)no1. The van der Waals surface area contributed by atoms with Crippen LogP contribution in [0.5, 0.6) is 0 Å². The molecule has 3 aromatic rings. The van der Waals surface area contributed by atoms with Gasteiger partial charge >= 0.3 is 0 Å². The maximum absolute atomic E-state index is 14.4. The average Bonchev–Trinajstić information content (AvgIpc) is 3.08. The maximum atomic E-state index is 14.4. The first-order valence-corrected chi connectivity index (χ1v) is 8.34. The quantitative estimate of drug-likeness (QED) is 0.561. The van der Waals surface area contributed by atoms with E-state index in [1.54, 1.807) is 31.1 Å². The number of halogens is 1. The summed E-state index contributed by atoms with van der Waals surface area (Å²) in [6.07, 6.45) is 1.29. The molecule has 2 N–H and O–H groups in total. The predicted molar refractivity (Wildman–Crippen MR) is 101 cm³/mol. The van der Waals surface area contributed by atoms with E-state index in [0.717, 1.165) is 16.8 Å². The molecule has 0 bridgehead atoms. The molecule has 0 fully saturated rings. The van der Waals surface area contributed by atoms with Gasteiger partial charge in [0.05, 0.1) is 5.69 Å². The molecule has 0 spiro atoms. The molecule has 0 saturated carbocycles. The first kappa shape index (κ1) is 17.7. The monoisotopic (exact) mass is 352 g/mol. The number of guanidine groups is 1. The van der Waals surface area contributed by atoms with Crippen molar-refractivity contribution < 1.29 is 8.91 Å². The van der Waals surface area contributed by atoms with Crippen LogP contribution in [0, 0.1) is 5.82 Å². The molecule has 0 unspecified atom stereocenters. The second kappa shape index (κ2) is 7.82. The Morgan fingerprint density at radius 3 is 2.58 bits per heavy atom. The van der Waals surface area contributed by atoms with Crippen molar-refractivity contribution in [3.05, 3.63) is 71.7 Å². The van der Waals surface area contributed by atoms with Gasteiger partial charge in [0.2, 0.25) is 0 Å². The van der Waals surface area contributed by atoms with E-state index in [2.05, 4.69) is 10.1 Å². The minimum absolute atomic E-state index is 0.224. The normalized spacial score (nSPS) is 11.6. The highest BCUT2D eigenvalue weighted by Crippen LogP contribution is 2.24. The number of hydrogen-bond donors (Lipinski definition) is 1. The van der Waals surface area contributed by atoms with Crippen LogP contribution in [0.3, 0.4) is 0 Å². The molecule has 0 aliphatic carbocycles. The van der Waals surface area contributed by atoms with Crippen molar-refractivity contribution in [2.75, 3.05) is 14.1 Å².